The smallest absolute Gasteiger partial charge is 0.303 e. The highest BCUT2D eigenvalue weighted by atomic mass is 16.4. The Morgan fingerprint density at radius 2 is 2.05 bits per heavy atom. The van der Waals surface area contributed by atoms with Gasteiger partial charge in [0.1, 0.15) is 5.82 Å². The molecule has 0 amide bonds. The molecule has 1 heterocycles. The van der Waals surface area contributed by atoms with Crippen LogP contribution in [0.4, 0.5) is 5.82 Å². The number of carboxylic acids is 1. The normalized spacial score (nSPS) is 11.0. The van der Waals surface area contributed by atoms with Crippen LogP contribution in [0.2, 0.25) is 0 Å². The van der Waals surface area contributed by atoms with Gasteiger partial charge in [0, 0.05) is 26.1 Å². The van der Waals surface area contributed by atoms with E-state index in [9.17, 15) is 4.79 Å². The average Bonchev–Trinajstić information content (AvgIpc) is 2.87. The molecule has 0 aliphatic rings. The van der Waals surface area contributed by atoms with Crippen molar-refractivity contribution >= 4 is 11.8 Å². The van der Waals surface area contributed by atoms with Crippen molar-refractivity contribution in [2.75, 3.05) is 14.1 Å². The second-order valence-corrected chi connectivity index (χ2v) is 4.68. The van der Waals surface area contributed by atoms with Crippen LogP contribution in [0.5, 0.6) is 0 Å². The molecule has 0 spiro atoms. The minimum atomic E-state index is -0.860. The number of aryl methyl sites for hydroxylation is 1. The van der Waals surface area contributed by atoms with Crippen LogP contribution in [0.3, 0.4) is 0 Å². The summed E-state index contributed by atoms with van der Waals surface area (Å²) in [7, 11) is 3.51. The maximum atomic E-state index is 10.7. The molecule has 21 heavy (non-hydrogen) atoms. The second-order valence-electron chi connectivity index (χ2n) is 4.68. The first kappa shape index (κ1) is 14.7. The molecule has 0 bridgehead atoms. The number of aromatic nitrogens is 2. The van der Waals surface area contributed by atoms with Crippen LogP contribution >= 0.6 is 0 Å². The van der Waals surface area contributed by atoms with Crippen molar-refractivity contribution in [2.24, 2.45) is 10.3 Å². The van der Waals surface area contributed by atoms with Crippen molar-refractivity contribution in [3.63, 3.8) is 0 Å². The van der Waals surface area contributed by atoms with Crippen molar-refractivity contribution < 1.29 is 9.90 Å². The predicted octanol–water partition coefficient (Wildman–Crippen LogP) is 2.65. The largest absolute Gasteiger partial charge is 0.481 e. The number of rotatable bonds is 6. The molecule has 7 nitrogen and oxygen atoms in total. The van der Waals surface area contributed by atoms with Crippen molar-refractivity contribution in [2.45, 2.75) is 12.8 Å². The fourth-order valence-electron chi connectivity index (χ4n) is 1.75. The zero-order valence-electron chi connectivity index (χ0n) is 11.9. The molecule has 0 saturated carbocycles. The molecule has 0 saturated heterocycles. The Balaban J connectivity index is 2.32. The van der Waals surface area contributed by atoms with E-state index in [-0.39, 0.29) is 6.42 Å². The molecule has 0 aliphatic heterocycles. The number of nitrogens with one attached hydrogen (secondary N) is 1. The lowest BCUT2D eigenvalue weighted by atomic mass is 10.2. The third-order valence-electron chi connectivity index (χ3n) is 2.71. The molecule has 0 fully saturated rings. The number of aliphatic carboxylic acids is 1. The van der Waals surface area contributed by atoms with Crippen molar-refractivity contribution in [1.82, 2.24) is 15.0 Å². The van der Waals surface area contributed by atoms with Crippen molar-refractivity contribution in [3.8, 4) is 11.4 Å². The molecule has 2 rings (SSSR count). The van der Waals surface area contributed by atoms with E-state index in [0.717, 1.165) is 5.56 Å². The second kappa shape index (κ2) is 6.65. The molecule has 0 unspecified atom stereocenters. The number of hydrogen-bond donors (Lipinski definition) is 2. The van der Waals surface area contributed by atoms with E-state index < -0.39 is 5.97 Å². The average molecular weight is 287 g/mol. The summed E-state index contributed by atoms with van der Waals surface area (Å²) in [6.45, 7) is 0. The highest BCUT2D eigenvalue weighted by Gasteiger charge is 2.12. The first-order valence-electron chi connectivity index (χ1n) is 6.51. The number of aromatic amines is 1. The molecule has 0 aliphatic carbocycles. The van der Waals surface area contributed by atoms with Gasteiger partial charge in [0.15, 0.2) is 5.82 Å². The predicted molar refractivity (Wildman–Crippen MR) is 78.2 cm³/mol. The van der Waals surface area contributed by atoms with Crippen LogP contribution in [0, 0.1) is 0 Å². The van der Waals surface area contributed by atoms with E-state index in [1.807, 2.05) is 30.3 Å². The highest BCUT2D eigenvalue weighted by Crippen LogP contribution is 2.24. The quantitative estimate of drug-likeness (QED) is 0.631. The molecule has 0 atom stereocenters. The Bertz CT molecular complexity index is 634. The summed E-state index contributed by atoms with van der Waals surface area (Å²) in [6.07, 6.45) is 0.345. The minimum Gasteiger partial charge on any atom is -0.481 e. The SMILES string of the molecule is CN(C)N=Nc1nc(-c2ccccc2)[nH]c1CCC(=O)O. The topological polar surface area (TPSA) is 93.9 Å². The maximum absolute atomic E-state index is 10.7. The molecule has 1 aromatic heterocycles. The van der Waals surface area contributed by atoms with E-state index in [2.05, 4.69) is 20.3 Å². The van der Waals surface area contributed by atoms with E-state index in [1.165, 1.54) is 0 Å². The summed E-state index contributed by atoms with van der Waals surface area (Å²) in [5, 5.41) is 18.3. The Morgan fingerprint density at radius 1 is 1.33 bits per heavy atom. The van der Waals surface area contributed by atoms with Crippen LogP contribution in [0.25, 0.3) is 11.4 Å². The van der Waals surface area contributed by atoms with Gasteiger partial charge in [0.05, 0.1) is 12.1 Å². The fourth-order valence-corrected chi connectivity index (χ4v) is 1.75. The van der Waals surface area contributed by atoms with Crippen molar-refractivity contribution in [3.05, 3.63) is 36.0 Å². The molecule has 0 radical (unpaired) electrons. The number of nitrogens with zero attached hydrogens (tertiary/aromatic N) is 4. The zero-order valence-corrected chi connectivity index (χ0v) is 11.9. The van der Waals surface area contributed by atoms with E-state index >= 15 is 0 Å². The van der Waals surface area contributed by atoms with Crippen LogP contribution in [0.1, 0.15) is 12.1 Å². The number of benzene rings is 1. The van der Waals surface area contributed by atoms with E-state index in [1.54, 1.807) is 19.1 Å². The lowest BCUT2D eigenvalue weighted by Crippen LogP contribution is -2.00. The number of carboxylic acid groups (broad SMARTS) is 1. The van der Waals surface area contributed by atoms with Crippen LogP contribution in [0.15, 0.2) is 40.7 Å². The third kappa shape index (κ3) is 4.13. The Labute approximate surface area is 122 Å². The van der Waals surface area contributed by atoms with Gasteiger partial charge in [-0.05, 0) is 0 Å². The molecule has 2 N–H and O–H groups in total. The van der Waals surface area contributed by atoms with Gasteiger partial charge in [0.25, 0.3) is 0 Å². The summed E-state index contributed by atoms with van der Waals surface area (Å²) in [5.41, 5.74) is 1.59. The number of imidazole rings is 1. The van der Waals surface area contributed by atoms with Gasteiger partial charge in [-0.15, -0.1) is 5.11 Å². The van der Waals surface area contributed by atoms with Crippen molar-refractivity contribution in [1.29, 1.82) is 0 Å². The van der Waals surface area contributed by atoms with E-state index in [0.29, 0.717) is 23.8 Å². The Morgan fingerprint density at radius 3 is 2.67 bits per heavy atom. The molecular weight excluding hydrogens is 270 g/mol. The lowest BCUT2D eigenvalue weighted by molar-refractivity contribution is -0.136. The van der Waals surface area contributed by atoms with Gasteiger partial charge >= 0.3 is 5.97 Å². The van der Waals surface area contributed by atoms with Crippen LogP contribution in [-0.4, -0.2) is 40.1 Å². The molecule has 110 valence electrons. The first-order valence-corrected chi connectivity index (χ1v) is 6.51. The highest BCUT2D eigenvalue weighted by molar-refractivity contribution is 5.67. The van der Waals surface area contributed by atoms with Gasteiger partial charge in [-0.25, -0.2) is 4.98 Å². The van der Waals surface area contributed by atoms with Crippen LogP contribution in [-0.2, 0) is 11.2 Å². The number of hydrogen-bond acceptors (Lipinski definition) is 4. The molecule has 7 heteroatoms. The minimum absolute atomic E-state index is 0.0148. The van der Waals surface area contributed by atoms with Gasteiger partial charge in [0.2, 0.25) is 0 Å². The lowest BCUT2D eigenvalue weighted by Gasteiger charge is -2.00. The first-order chi connectivity index (χ1) is 10.1. The third-order valence-corrected chi connectivity index (χ3v) is 2.71. The molecular formula is C14H17N5O2. The van der Waals surface area contributed by atoms with E-state index in [4.69, 9.17) is 5.11 Å². The standard InChI is InChI=1S/C14H17N5O2/c1-19(2)18-17-14-11(8-9-12(20)21)15-13(16-14)10-6-4-3-5-7-10/h3-7H,8-9H2,1-2H3,(H,15,16)(H,20,21). The summed E-state index contributed by atoms with van der Waals surface area (Å²) in [5.74, 6) is 0.217. The fraction of sp³-hybridized carbons (Fsp3) is 0.286. The van der Waals surface area contributed by atoms with Crippen LogP contribution < -0.4 is 0 Å². The summed E-state index contributed by atoms with van der Waals surface area (Å²) in [6, 6.07) is 9.59. The van der Waals surface area contributed by atoms with Gasteiger partial charge in [-0.2, -0.15) is 0 Å². The maximum Gasteiger partial charge on any atom is 0.303 e. The number of H-pyrrole nitrogens is 1. The summed E-state index contributed by atoms with van der Waals surface area (Å²) in [4.78, 5) is 18.3. The summed E-state index contributed by atoms with van der Waals surface area (Å²) >= 11 is 0. The Hall–Kier alpha value is -2.70. The van der Waals surface area contributed by atoms with Gasteiger partial charge in [-0.3, -0.25) is 9.80 Å². The van der Waals surface area contributed by atoms with Gasteiger partial charge in [-0.1, -0.05) is 35.6 Å². The molecule has 2 aromatic rings. The Kier molecular flexibility index (Phi) is 4.65. The van der Waals surface area contributed by atoms with Gasteiger partial charge < -0.3 is 10.1 Å². The monoisotopic (exact) mass is 287 g/mol. The zero-order chi connectivity index (χ0) is 15.2. The molecule has 1 aromatic carbocycles. The summed E-state index contributed by atoms with van der Waals surface area (Å²) < 4.78 is 0. The number of carbonyl (C=O) groups is 1.